The minimum atomic E-state index is -0.457. The number of hydrogen-bond donors (Lipinski definition) is 0. The Morgan fingerprint density at radius 1 is 0.912 bits per heavy atom. The highest BCUT2D eigenvalue weighted by Crippen LogP contribution is 2.38. The van der Waals surface area contributed by atoms with Crippen LogP contribution in [0.3, 0.4) is 0 Å². The summed E-state index contributed by atoms with van der Waals surface area (Å²) in [6.07, 6.45) is 5.01. The Kier molecular flexibility index (Phi) is 5.25. The van der Waals surface area contributed by atoms with Gasteiger partial charge in [-0.1, -0.05) is 23.9 Å². The molecule has 2 aromatic carbocycles. The van der Waals surface area contributed by atoms with Crippen molar-refractivity contribution < 1.29 is 4.74 Å². The molecule has 0 amide bonds. The second-order valence-electron chi connectivity index (χ2n) is 8.44. The van der Waals surface area contributed by atoms with E-state index in [0.717, 1.165) is 56.1 Å². The molecule has 0 atom stereocenters. The largest absolute Gasteiger partial charge is 0.381 e. The van der Waals surface area contributed by atoms with Crippen LogP contribution < -0.4 is 0 Å². The number of nitrogens with zero attached hydrogens (tertiary/aromatic N) is 5. The molecule has 1 fully saturated rings. The van der Waals surface area contributed by atoms with Gasteiger partial charge in [-0.2, -0.15) is 5.26 Å². The molecule has 34 heavy (non-hydrogen) atoms. The SMILES string of the molecule is N#CC1(c2cccc(Sc3ccc4c(ccc5nnc(-c6ccncc6)n54)c3)c2)CCOCC1. The molecule has 1 saturated heterocycles. The normalized spacial score (nSPS) is 15.4. The van der Waals surface area contributed by atoms with E-state index < -0.39 is 5.41 Å². The molecule has 0 unspecified atom stereocenters. The van der Waals surface area contributed by atoms with Gasteiger partial charge in [-0.3, -0.25) is 9.38 Å². The van der Waals surface area contributed by atoms with E-state index >= 15 is 0 Å². The molecule has 6 nitrogen and oxygen atoms in total. The van der Waals surface area contributed by atoms with E-state index in [9.17, 15) is 5.26 Å². The summed E-state index contributed by atoms with van der Waals surface area (Å²) >= 11 is 1.71. The Morgan fingerprint density at radius 3 is 2.56 bits per heavy atom. The fraction of sp³-hybridized carbons (Fsp3) is 0.185. The third-order valence-electron chi connectivity index (χ3n) is 6.46. The molecule has 4 heterocycles. The van der Waals surface area contributed by atoms with Crippen LogP contribution in [0, 0.1) is 11.3 Å². The van der Waals surface area contributed by atoms with E-state index in [1.165, 1.54) is 0 Å². The van der Waals surface area contributed by atoms with Crippen LogP contribution in [0.25, 0.3) is 27.9 Å². The number of aromatic nitrogens is 4. The van der Waals surface area contributed by atoms with Crippen LogP contribution in [0.4, 0.5) is 0 Å². The number of rotatable bonds is 4. The van der Waals surface area contributed by atoms with E-state index in [-0.39, 0.29) is 0 Å². The van der Waals surface area contributed by atoms with Crippen LogP contribution in [-0.4, -0.2) is 32.8 Å². The molecule has 3 aromatic heterocycles. The molecule has 0 spiro atoms. The van der Waals surface area contributed by atoms with Gasteiger partial charge in [0, 0.05) is 41.0 Å². The Hall–Kier alpha value is -3.73. The van der Waals surface area contributed by atoms with Crippen LogP contribution in [0.1, 0.15) is 18.4 Å². The van der Waals surface area contributed by atoms with Gasteiger partial charge in [0.15, 0.2) is 11.5 Å². The highest BCUT2D eigenvalue weighted by molar-refractivity contribution is 7.99. The van der Waals surface area contributed by atoms with E-state index in [1.807, 2.05) is 18.2 Å². The Morgan fingerprint density at radius 2 is 1.74 bits per heavy atom. The van der Waals surface area contributed by atoms with Crippen LogP contribution in [0.2, 0.25) is 0 Å². The summed E-state index contributed by atoms with van der Waals surface area (Å²) in [7, 11) is 0. The van der Waals surface area contributed by atoms with Gasteiger partial charge in [0.1, 0.15) is 0 Å². The maximum absolute atomic E-state index is 9.94. The van der Waals surface area contributed by atoms with Crippen molar-refractivity contribution in [2.45, 2.75) is 28.0 Å². The molecule has 6 rings (SSSR count). The summed E-state index contributed by atoms with van der Waals surface area (Å²) in [4.78, 5) is 6.38. The predicted octanol–water partition coefficient (Wildman–Crippen LogP) is 5.67. The lowest BCUT2D eigenvalue weighted by molar-refractivity contribution is 0.0675. The molecular formula is C27H21N5OS. The fourth-order valence-electron chi connectivity index (χ4n) is 4.61. The smallest absolute Gasteiger partial charge is 0.168 e. The number of pyridine rings is 2. The monoisotopic (exact) mass is 463 g/mol. The second-order valence-corrected chi connectivity index (χ2v) is 9.59. The van der Waals surface area contributed by atoms with Crippen molar-refractivity contribution in [3.8, 4) is 17.5 Å². The average molecular weight is 464 g/mol. The minimum Gasteiger partial charge on any atom is -0.381 e. The first-order valence-electron chi connectivity index (χ1n) is 11.2. The quantitative estimate of drug-likeness (QED) is 0.342. The summed E-state index contributed by atoms with van der Waals surface area (Å²) in [5.74, 6) is 0.800. The molecule has 166 valence electrons. The molecule has 0 aliphatic carbocycles. The van der Waals surface area contributed by atoms with Gasteiger partial charge in [-0.15, -0.1) is 10.2 Å². The first kappa shape index (κ1) is 20.8. The number of benzene rings is 2. The van der Waals surface area contributed by atoms with E-state index in [2.05, 4.69) is 74.2 Å². The standard InChI is InChI=1S/C27H21N5OS/c28-18-27(10-14-33-15-11-27)21-2-1-3-22(17-21)34-23-5-6-24-20(16-23)4-7-25-30-31-26(32(24)25)19-8-12-29-13-9-19/h1-9,12-13,16-17H,10-11,14-15H2. The van der Waals surface area contributed by atoms with Crippen LogP contribution >= 0.6 is 11.8 Å². The number of fused-ring (bicyclic) bond motifs is 3. The lowest BCUT2D eigenvalue weighted by atomic mass is 9.75. The van der Waals surface area contributed by atoms with Crippen molar-refractivity contribution in [2.24, 2.45) is 0 Å². The van der Waals surface area contributed by atoms with Crippen molar-refractivity contribution in [2.75, 3.05) is 13.2 Å². The topological polar surface area (TPSA) is 76.1 Å². The van der Waals surface area contributed by atoms with E-state index in [4.69, 9.17) is 4.74 Å². The second kappa shape index (κ2) is 8.56. The zero-order valence-corrected chi connectivity index (χ0v) is 19.2. The fourth-order valence-corrected chi connectivity index (χ4v) is 5.53. The first-order chi connectivity index (χ1) is 16.8. The van der Waals surface area contributed by atoms with Crippen molar-refractivity contribution in [1.29, 1.82) is 5.26 Å². The Labute approximate surface area is 201 Å². The number of ether oxygens (including phenoxy) is 1. The van der Waals surface area contributed by atoms with Gasteiger partial charge < -0.3 is 4.74 Å². The first-order valence-corrected chi connectivity index (χ1v) is 12.0. The highest BCUT2D eigenvalue weighted by Gasteiger charge is 2.34. The molecule has 5 aromatic rings. The minimum absolute atomic E-state index is 0.457. The van der Waals surface area contributed by atoms with Crippen LogP contribution in [-0.2, 0) is 10.2 Å². The van der Waals surface area contributed by atoms with E-state index in [1.54, 1.807) is 24.2 Å². The lowest BCUT2D eigenvalue weighted by Crippen LogP contribution is -2.32. The molecule has 7 heteroatoms. The average Bonchev–Trinajstić information content (AvgIpc) is 3.34. The van der Waals surface area contributed by atoms with Crippen LogP contribution in [0.15, 0.2) is 88.9 Å². The summed E-state index contributed by atoms with van der Waals surface area (Å²) in [6, 6.07) is 25.4. The number of hydrogen-bond acceptors (Lipinski definition) is 6. The van der Waals surface area contributed by atoms with Gasteiger partial charge in [-0.25, -0.2) is 0 Å². The third-order valence-corrected chi connectivity index (χ3v) is 7.44. The maximum Gasteiger partial charge on any atom is 0.168 e. The molecule has 0 radical (unpaired) electrons. The summed E-state index contributed by atoms with van der Waals surface area (Å²) in [5.41, 5.74) is 3.47. The lowest BCUT2D eigenvalue weighted by Gasteiger charge is -2.31. The van der Waals surface area contributed by atoms with Gasteiger partial charge in [0.25, 0.3) is 0 Å². The molecule has 1 aliphatic rings. The van der Waals surface area contributed by atoms with Crippen LogP contribution in [0.5, 0.6) is 0 Å². The van der Waals surface area contributed by atoms with Crippen molar-refractivity contribution in [1.82, 2.24) is 19.6 Å². The molecule has 1 aliphatic heterocycles. The number of nitriles is 1. The zero-order chi connectivity index (χ0) is 23.0. The zero-order valence-electron chi connectivity index (χ0n) is 18.4. The Balaban J connectivity index is 1.36. The Bertz CT molecular complexity index is 1530. The molecular weight excluding hydrogens is 442 g/mol. The van der Waals surface area contributed by atoms with Crippen molar-refractivity contribution in [3.05, 3.63) is 84.7 Å². The molecule has 0 N–H and O–H groups in total. The summed E-state index contributed by atoms with van der Waals surface area (Å²) in [6.45, 7) is 1.27. The van der Waals surface area contributed by atoms with Gasteiger partial charge in [0.2, 0.25) is 0 Å². The van der Waals surface area contributed by atoms with Gasteiger partial charge in [-0.05, 0) is 78.4 Å². The third kappa shape index (κ3) is 3.61. The van der Waals surface area contributed by atoms with Crippen molar-refractivity contribution in [3.63, 3.8) is 0 Å². The highest BCUT2D eigenvalue weighted by atomic mass is 32.2. The van der Waals surface area contributed by atoms with E-state index in [0.29, 0.717) is 13.2 Å². The van der Waals surface area contributed by atoms with Gasteiger partial charge >= 0.3 is 0 Å². The maximum atomic E-state index is 9.94. The predicted molar refractivity (Wildman–Crippen MR) is 132 cm³/mol. The molecule has 0 bridgehead atoms. The molecule has 0 saturated carbocycles. The summed E-state index contributed by atoms with van der Waals surface area (Å²) < 4.78 is 7.59. The summed E-state index contributed by atoms with van der Waals surface area (Å²) in [5, 5.41) is 19.8. The van der Waals surface area contributed by atoms with Crippen molar-refractivity contribution >= 4 is 28.3 Å². The van der Waals surface area contributed by atoms with Gasteiger partial charge in [0.05, 0.1) is 17.0 Å².